The molecule has 2 N–H and O–H groups in total. The van der Waals surface area contributed by atoms with Gasteiger partial charge in [-0.3, -0.25) is 9.59 Å². The fraction of sp³-hybridized carbons (Fsp3) is 0.176. The van der Waals surface area contributed by atoms with E-state index in [1.54, 1.807) is 6.07 Å². The Labute approximate surface area is 143 Å². The maximum absolute atomic E-state index is 12.0. The van der Waals surface area contributed by atoms with Gasteiger partial charge in [-0.25, -0.2) is 0 Å². The topological polar surface area (TPSA) is 58.2 Å². The average molecular weight is 408 g/mol. The van der Waals surface area contributed by atoms with Gasteiger partial charge in [0, 0.05) is 22.1 Å². The molecule has 0 heterocycles. The Morgan fingerprint density at radius 1 is 1.05 bits per heavy atom. The summed E-state index contributed by atoms with van der Waals surface area (Å²) in [6.45, 7) is 2.20. The molecule has 22 heavy (non-hydrogen) atoms. The van der Waals surface area contributed by atoms with Crippen molar-refractivity contribution in [2.24, 2.45) is 0 Å². The summed E-state index contributed by atoms with van der Waals surface area (Å²) in [5.74, 6) is -0.269. The van der Waals surface area contributed by atoms with Crippen molar-refractivity contribution in [2.45, 2.75) is 13.3 Å². The third kappa shape index (κ3) is 4.56. The zero-order valence-corrected chi connectivity index (χ0v) is 14.4. The minimum absolute atomic E-state index is 0.116. The Bertz CT molecular complexity index is 686. The molecule has 0 aliphatic heterocycles. The second-order valence-electron chi connectivity index (χ2n) is 4.85. The van der Waals surface area contributed by atoms with Crippen molar-refractivity contribution in [1.82, 2.24) is 5.32 Å². The second kappa shape index (κ2) is 7.93. The molecule has 2 rings (SSSR count). The van der Waals surface area contributed by atoms with Gasteiger partial charge in [-0.05, 0) is 53.3 Å². The molecule has 2 aromatic carbocycles. The summed E-state index contributed by atoms with van der Waals surface area (Å²) in [7, 11) is 0. The van der Waals surface area contributed by atoms with E-state index < -0.39 is 0 Å². The molecule has 0 spiro atoms. The summed E-state index contributed by atoms with van der Waals surface area (Å²) in [5, 5.41) is 5.61. The maximum Gasteiger partial charge on any atom is 0.251 e. The lowest BCUT2D eigenvalue weighted by Crippen LogP contribution is -2.28. The average Bonchev–Trinajstić information content (AvgIpc) is 2.50. The molecular formula is C17H17IN2O2. The Balaban J connectivity index is 1.81. The van der Waals surface area contributed by atoms with E-state index in [-0.39, 0.29) is 18.2 Å². The summed E-state index contributed by atoms with van der Waals surface area (Å²) in [6.07, 6.45) is 0.239. The van der Waals surface area contributed by atoms with Crippen LogP contribution in [0.2, 0.25) is 0 Å². The van der Waals surface area contributed by atoms with Gasteiger partial charge in [0.25, 0.3) is 5.91 Å². The first-order valence-electron chi connectivity index (χ1n) is 6.96. The lowest BCUT2D eigenvalue weighted by molar-refractivity contribution is -0.116. The van der Waals surface area contributed by atoms with Gasteiger partial charge < -0.3 is 10.6 Å². The van der Waals surface area contributed by atoms with E-state index in [2.05, 4.69) is 33.2 Å². The predicted molar refractivity (Wildman–Crippen MR) is 95.9 cm³/mol. The van der Waals surface area contributed by atoms with Crippen LogP contribution in [-0.2, 0) is 4.79 Å². The van der Waals surface area contributed by atoms with Crippen LogP contribution in [0.15, 0.2) is 48.5 Å². The number of anilines is 1. The van der Waals surface area contributed by atoms with Gasteiger partial charge in [0.05, 0.1) is 5.69 Å². The second-order valence-corrected chi connectivity index (χ2v) is 6.01. The molecule has 2 amide bonds. The van der Waals surface area contributed by atoms with Gasteiger partial charge in [-0.2, -0.15) is 0 Å². The number of amides is 2. The van der Waals surface area contributed by atoms with Crippen molar-refractivity contribution in [3.8, 4) is 0 Å². The molecule has 0 radical (unpaired) electrons. The van der Waals surface area contributed by atoms with Gasteiger partial charge in [-0.1, -0.05) is 30.3 Å². The van der Waals surface area contributed by atoms with Gasteiger partial charge in [-0.15, -0.1) is 0 Å². The third-order valence-corrected chi connectivity index (χ3v) is 4.12. The summed E-state index contributed by atoms with van der Waals surface area (Å²) in [5.41, 5.74) is 2.35. The normalized spacial score (nSPS) is 10.1. The first kappa shape index (κ1) is 16.5. The van der Waals surface area contributed by atoms with Crippen LogP contribution in [0.5, 0.6) is 0 Å². The van der Waals surface area contributed by atoms with Crippen LogP contribution in [0.3, 0.4) is 0 Å². The quantitative estimate of drug-likeness (QED) is 0.746. The van der Waals surface area contributed by atoms with E-state index >= 15 is 0 Å². The van der Waals surface area contributed by atoms with Crippen LogP contribution < -0.4 is 10.6 Å². The van der Waals surface area contributed by atoms with Crippen molar-refractivity contribution in [1.29, 1.82) is 0 Å². The highest BCUT2D eigenvalue weighted by molar-refractivity contribution is 14.1. The fourth-order valence-electron chi connectivity index (χ4n) is 1.99. The first-order valence-corrected chi connectivity index (χ1v) is 8.04. The maximum atomic E-state index is 12.0. The Morgan fingerprint density at radius 2 is 1.73 bits per heavy atom. The van der Waals surface area contributed by atoms with Crippen LogP contribution in [-0.4, -0.2) is 18.4 Å². The van der Waals surface area contributed by atoms with Gasteiger partial charge >= 0.3 is 0 Å². The van der Waals surface area contributed by atoms with Crippen molar-refractivity contribution < 1.29 is 9.59 Å². The molecule has 0 aliphatic carbocycles. The molecule has 0 saturated heterocycles. The number of hydrogen-bond donors (Lipinski definition) is 2. The van der Waals surface area contributed by atoms with Crippen LogP contribution >= 0.6 is 22.6 Å². The highest BCUT2D eigenvalue weighted by atomic mass is 127. The van der Waals surface area contributed by atoms with E-state index in [0.717, 1.165) is 14.8 Å². The molecule has 114 valence electrons. The predicted octanol–water partition coefficient (Wildman–Crippen LogP) is 3.36. The molecule has 0 aromatic heterocycles. The number of aryl methyl sites for hydroxylation is 1. The van der Waals surface area contributed by atoms with Gasteiger partial charge in [0.15, 0.2) is 0 Å². The zero-order valence-electron chi connectivity index (χ0n) is 12.2. The van der Waals surface area contributed by atoms with Crippen molar-refractivity contribution in [3.63, 3.8) is 0 Å². The van der Waals surface area contributed by atoms with Crippen LogP contribution in [0.4, 0.5) is 5.69 Å². The van der Waals surface area contributed by atoms with E-state index in [1.807, 2.05) is 49.4 Å². The fourth-order valence-corrected chi connectivity index (χ4v) is 2.51. The number of carbonyl (C=O) groups excluding carboxylic acids is 2. The molecular weight excluding hydrogens is 391 g/mol. The van der Waals surface area contributed by atoms with Crippen LogP contribution in [0.1, 0.15) is 22.3 Å². The molecule has 0 fully saturated rings. The Hall–Kier alpha value is -1.89. The molecule has 4 nitrogen and oxygen atoms in total. The van der Waals surface area contributed by atoms with E-state index in [4.69, 9.17) is 0 Å². The van der Waals surface area contributed by atoms with E-state index in [0.29, 0.717) is 12.1 Å². The van der Waals surface area contributed by atoms with Crippen LogP contribution in [0.25, 0.3) is 0 Å². The number of benzene rings is 2. The smallest absolute Gasteiger partial charge is 0.251 e. The molecule has 0 unspecified atom stereocenters. The number of nitrogens with one attached hydrogen (secondary N) is 2. The molecule has 5 heteroatoms. The minimum Gasteiger partial charge on any atom is -0.352 e. The molecule has 0 atom stereocenters. The van der Waals surface area contributed by atoms with Crippen molar-refractivity contribution in [3.05, 3.63) is 63.2 Å². The van der Waals surface area contributed by atoms with E-state index in [1.165, 1.54) is 0 Å². The standard InChI is InChI=1S/C17H17IN2O2/c1-12-6-2-3-7-13(12)17(22)19-11-10-16(21)20-15-9-5-4-8-14(15)18/h2-9H,10-11H2,1H3,(H,19,22)(H,20,21). The zero-order chi connectivity index (χ0) is 15.9. The third-order valence-electron chi connectivity index (χ3n) is 3.18. The number of hydrogen-bond acceptors (Lipinski definition) is 2. The molecule has 0 saturated carbocycles. The van der Waals surface area contributed by atoms with Gasteiger partial charge in [0.1, 0.15) is 0 Å². The summed E-state index contributed by atoms with van der Waals surface area (Å²) in [4.78, 5) is 23.9. The summed E-state index contributed by atoms with van der Waals surface area (Å²) < 4.78 is 0.984. The number of carbonyl (C=O) groups is 2. The summed E-state index contributed by atoms with van der Waals surface area (Å²) in [6, 6.07) is 14.9. The van der Waals surface area contributed by atoms with E-state index in [9.17, 15) is 9.59 Å². The Morgan fingerprint density at radius 3 is 2.45 bits per heavy atom. The lowest BCUT2D eigenvalue weighted by Gasteiger charge is -2.09. The number of halogens is 1. The van der Waals surface area contributed by atoms with Crippen molar-refractivity contribution in [2.75, 3.05) is 11.9 Å². The number of rotatable bonds is 5. The van der Waals surface area contributed by atoms with Crippen LogP contribution in [0, 0.1) is 10.5 Å². The minimum atomic E-state index is -0.153. The van der Waals surface area contributed by atoms with Gasteiger partial charge in [0.2, 0.25) is 5.91 Å². The molecule has 0 aliphatic rings. The summed E-state index contributed by atoms with van der Waals surface area (Å²) >= 11 is 2.17. The SMILES string of the molecule is Cc1ccccc1C(=O)NCCC(=O)Nc1ccccc1I. The Kier molecular flexibility index (Phi) is 5.94. The van der Waals surface area contributed by atoms with Crippen molar-refractivity contribution >= 4 is 40.1 Å². The molecule has 0 bridgehead atoms. The monoisotopic (exact) mass is 408 g/mol. The lowest BCUT2D eigenvalue weighted by atomic mass is 10.1. The highest BCUT2D eigenvalue weighted by Crippen LogP contribution is 2.16. The molecule has 2 aromatic rings. The number of para-hydroxylation sites is 1. The highest BCUT2D eigenvalue weighted by Gasteiger charge is 2.09. The largest absolute Gasteiger partial charge is 0.352 e. The first-order chi connectivity index (χ1) is 10.6.